The highest BCUT2D eigenvalue weighted by molar-refractivity contribution is 7.89. The van der Waals surface area contributed by atoms with Crippen LogP contribution in [0.1, 0.15) is 49.0 Å². The predicted octanol–water partition coefficient (Wildman–Crippen LogP) is 2.31. The third kappa shape index (κ3) is 3.50. The topological polar surface area (TPSA) is 66.5 Å². The molecule has 1 fully saturated rings. The van der Waals surface area contributed by atoms with Crippen LogP contribution in [0.4, 0.5) is 0 Å². The van der Waals surface area contributed by atoms with Crippen LogP contribution >= 0.6 is 0 Å². The first kappa shape index (κ1) is 17.0. The minimum absolute atomic E-state index is 0.0624. The maximum absolute atomic E-state index is 12.7. The molecular formula is C16H24N2O3S. The fraction of sp³-hybridized carbons (Fsp3) is 0.562. The van der Waals surface area contributed by atoms with E-state index >= 15 is 0 Å². The van der Waals surface area contributed by atoms with E-state index in [0.29, 0.717) is 24.2 Å². The van der Waals surface area contributed by atoms with Crippen LogP contribution in [0.2, 0.25) is 0 Å². The summed E-state index contributed by atoms with van der Waals surface area (Å²) in [4.78, 5) is 12.4. The zero-order valence-electron chi connectivity index (χ0n) is 13.4. The van der Waals surface area contributed by atoms with E-state index in [1.54, 1.807) is 19.1 Å². The number of carbonyl (C=O) groups is 1. The van der Waals surface area contributed by atoms with Crippen molar-refractivity contribution in [1.29, 1.82) is 0 Å². The smallest absolute Gasteiger partial charge is 0.251 e. The molecule has 1 saturated heterocycles. The van der Waals surface area contributed by atoms with Crippen LogP contribution in [0.5, 0.6) is 0 Å². The molecule has 122 valence electrons. The Hall–Kier alpha value is -1.40. The van der Waals surface area contributed by atoms with Gasteiger partial charge in [-0.1, -0.05) is 13.0 Å². The number of rotatable bonds is 5. The monoisotopic (exact) mass is 324 g/mol. The van der Waals surface area contributed by atoms with Crippen LogP contribution in [0.3, 0.4) is 0 Å². The molecule has 1 aliphatic rings. The summed E-state index contributed by atoms with van der Waals surface area (Å²) < 4.78 is 26.9. The van der Waals surface area contributed by atoms with E-state index in [0.717, 1.165) is 19.3 Å². The molecule has 1 amide bonds. The van der Waals surface area contributed by atoms with Crippen LogP contribution in [0, 0.1) is 6.92 Å². The molecule has 1 N–H and O–H groups in total. The van der Waals surface area contributed by atoms with E-state index in [1.807, 2.05) is 13.8 Å². The Balaban J connectivity index is 2.32. The van der Waals surface area contributed by atoms with Crippen molar-refractivity contribution in [3.63, 3.8) is 0 Å². The number of hydrogen-bond donors (Lipinski definition) is 1. The molecule has 0 radical (unpaired) electrons. The average Bonchev–Trinajstić information content (AvgIpc) is 3.02. The Morgan fingerprint density at radius 1 is 1.32 bits per heavy atom. The molecule has 1 atom stereocenters. The highest BCUT2D eigenvalue weighted by Gasteiger charge is 2.29. The first-order valence-corrected chi connectivity index (χ1v) is 9.22. The summed E-state index contributed by atoms with van der Waals surface area (Å²) in [5.41, 5.74) is 1.07. The fourth-order valence-corrected chi connectivity index (χ4v) is 4.26. The van der Waals surface area contributed by atoms with Crippen molar-refractivity contribution in [3.05, 3.63) is 29.3 Å². The van der Waals surface area contributed by atoms with E-state index in [1.165, 1.54) is 10.4 Å². The fourth-order valence-electron chi connectivity index (χ4n) is 2.50. The first-order chi connectivity index (χ1) is 10.4. The lowest BCUT2D eigenvalue weighted by molar-refractivity contribution is 0.0939. The summed E-state index contributed by atoms with van der Waals surface area (Å²) in [7, 11) is -3.51. The van der Waals surface area contributed by atoms with Crippen LogP contribution in [0.25, 0.3) is 0 Å². The number of carbonyl (C=O) groups excluding carboxylic acids is 1. The minimum Gasteiger partial charge on any atom is -0.350 e. The highest BCUT2D eigenvalue weighted by atomic mass is 32.2. The molecule has 0 aromatic heterocycles. The second-order valence-corrected chi connectivity index (χ2v) is 7.78. The lowest BCUT2D eigenvalue weighted by Crippen LogP contribution is -2.32. The van der Waals surface area contributed by atoms with E-state index in [2.05, 4.69) is 5.32 Å². The largest absolute Gasteiger partial charge is 0.350 e. The third-order valence-electron chi connectivity index (χ3n) is 4.12. The zero-order valence-corrected chi connectivity index (χ0v) is 14.2. The predicted molar refractivity (Wildman–Crippen MR) is 86.4 cm³/mol. The Kier molecular flexibility index (Phi) is 5.24. The van der Waals surface area contributed by atoms with Gasteiger partial charge in [0.05, 0.1) is 4.90 Å². The third-order valence-corrected chi connectivity index (χ3v) is 6.16. The molecule has 0 aliphatic carbocycles. The van der Waals surface area contributed by atoms with E-state index < -0.39 is 10.0 Å². The van der Waals surface area contributed by atoms with E-state index in [-0.39, 0.29) is 16.8 Å². The molecular weight excluding hydrogens is 300 g/mol. The first-order valence-electron chi connectivity index (χ1n) is 7.78. The van der Waals surface area contributed by atoms with Gasteiger partial charge in [-0.2, -0.15) is 4.31 Å². The zero-order chi connectivity index (χ0) is 16.3. The molecule has 1 aromatic rings. The van der Waals surface area contributed by atoms with Crippen LogP contribution in [-0.2, 0) is 10.0 Å². The summed E-state index contributed by atoms with van der Waals surface area (Å²) in [5, 5.41) is 2.87. The molecule has 0 unspecified atom stereocenters. The van der Waals surface area contributed by atoms with E-state index in [4.69, 9.17) is 0 Å². The Morgan fingerprint density at radius 3 is 2.55 bits per heavy atom. The quantitative estimate of drug-likeness (QED) is 0.904. The standard InChI is InChI=1S/C16H24N2O3S/c1-4-13(3)17-16(19)14-8-7-12(2)15(11-14)22(20,21)18-9-5-6-10-18/h7-8,11,13H,4-6,9-10H2,1-3H3,(H,17,19)/t13-/m0/s1. The summed E-state index contributed by atoms with van der Waals surface area (Å²) in [6, 6.07) is 4.94. The molecule has 0 bridgehead atoms. The molecule has 1 aliphatic heterocycles. The maximum Gasteiger partial charge on any atom is 0.251 e. The van der Waals surface area contributed by atoms with Crippen molar-refractivity contribution in [2.45, 2.75) is 51.0 Å². The number of nitrogens with zero attached hydrogens (tertiary/aromatic N) is 1. The summed E-state index contributed by atoms with van der Waals surface area (Å²) in [6.45, 7) is 6.80. The summed E-state index contributed by atoms with van der Waals surface area (Å²) >= 11 is 0. The average molecular weight is 324 g/mol. The van der Waals surface area contributed by atoms with Gasteiger partial charge in [0.15, 0.2) is 0 Å². The maximum atomic E-state index is 12.7. The van der Waals surface area contributed by atoms with Gasteiger partial charge in [-0.05, 0) is 50.8 Å². The molecule has 2 rings (SSSR count). The summed E-state index contributed by atoms with van der Waals surface area (Å²) in [5.74, 6) is -0.229. The Labute approximate surface area is 132 Å². The number of benzene rings is 1. The van der Waals surface area contributed by atoms with Crippen LogP contribution in [0.15, 0.2) is 23.1 Å². The number of nitrogens with one attached hydrogen (secondary N) is 1. The van der Waals surface area contributed by atoms with Crippen molar-refractivity contribution >= 4 is 15.9 Å². The van der Waals surface area contributed by atoms with Crippen molar-refractivity contribution < 1.29 is 13.2 Å². The van der Waals surface area contributed by atoms with Gasteiger partial charge < -0.3 is 5.32 Å². The number of hydrogen-bond acceptors (Lipinski definition) is 3. The van der Waals surface area contributed by atoms with E-state index in [9.17, 15) is 13.2 Å². The molecule has 0 saturated carbocycles. The molecule has 6 heteroatoms. The van der Waals surface area contributed by atoms with Gasteiger partial charge in [0.25, 0.3) is 5.91 Å². The van der Waals surface area contributed by atoms with Gasteiger partial charge in [0.1, 0.15) is 0 Å². The molecule has 1 heterocycles. The highest BCUT2D eigenvalue weighted by Crippen LogP contribution is 2.24. The lowest BCUT2D eigenvalue weighted by atomic mass is 10.1. The number of sulfonamides is 1. The van der Waals surface area contributed by atoms with Crippen LogP contribution in [-0.4, -0.2) is 37.8 Å². The second kappa shape index (κ2) is 6.79. The Morgan fingerprint density at radius 2 is 1.95 bits per heavy atom. The molecule has 22 heavy (non-hydrogen) atoms. The van der Waals surface area contributed by atoms with Gasteiger partial charge in [0.2, 0.25) is 10.0 Å². The number of aryl methyl sites for hydroxylation is 1. The molecule has 5 nitrogen and oxygen atoms in total. The van der Waals surface area contributed by atoms with Gasteiger partial charge in [-0.15, -0.1) is 0 Å². The lowest BCUT2D eigenvalue weighted by Gasteiger charge is -2.18. The molecule has 0 spiro atoms. The number of amides is 1. The second-order valence-electron chi connectivity index (χ2n) is 5.87. The molecule has 1 aromatic carbocycles. The SMILES string of the molecule is CC[C@H](C)NC(=O)c1ccc(C)c(S(=O)(=O)N2CCCC2)c1. The van der Waals surface area contributed by atoms with Crippen LogP contribution < -0.4 is 5.32 Å². The van der Waals surface area contributed by atoms with Gasteiger partial charge in [-0.3, -0.25) is 4.79 Å². The normalized spacial score (nSPS) is 17.4. The van der Waals surface area contributed by atoms with Gasteiger partial charge in [-0.25, -0.2) is 8.42 Å². The Bertz CT molecular complexity index is 649. The minimum atomic E-state index is -3.51. The van der Waals surface area contributed by atoms with Crippen molar-refractivity contribution in [2.24, 2.45) is 0 Å². The van der Waals surface area contributed by atoms with Crippen molar-refractivity contribution in [3.8, 4) is 0 Å². The van der Waals surface area contributed by atoms with Crippen molar-refractivity contribution in [1.82, 2.24) is 9.62 Å². The van der Waals surface area contributed by atoms with Crippen molar-refractivity contribution in [2.75, 3.05) is 13.1 Å². The van der Waals surface area contributed by atoms with Gasteiger partial charge >= 0.3 is 0 Å². The summed E-state index contributed by atoms with van der Waals surface area (Å²) in [6.07, 6.45) is 2.62. The van der Waals surface area contributed by atoms with Gasteiger partial charge in [0, 0.05) is 24.7 Å².